The van der Waals surface area contributed by atoms with Gasteiger partial charge in [0.1, 0.15) is 4.34 Å². The number of hydrogen-bond acceptors (Lipinski definition) is 4. The third-order valence-electron chi connectivity index (χ3n) is 2.70. The molecule has 0 aromatic carbocycles. The van der Waals surface area contributed by atoms with E-state index in [0.29, 0.717) is 27.3 Å². The average Bonchev–Trinajstić information content (AvgIpc) is 2.66. The summed E-state index contributed by atoms with van der Waals surface area (Å²) in [6, 6.07) is 1.57. The van der Waals surface area contributed by atoms with E-state index in [1.165, 1.54) is 11.3 Å². The largest absolute Gasteiger partial charge is 0.394 e. The highest BCUT2D eigenvalue weighted by Gasteiger charge is 2.30. The summed E-state index contributed by atoms with van der Waals surface area (Å²) in [6.45, 7) is 2.61. The first-order chi connectivity index (χ1) is 8.51. The van der Waals surface area contributed by atoms with Crippen LogP contribution >= 0.6 is 34.5 Å². The normalized spacial score (nSPS) is 24.3. The number of aliphatic hydroxyl groups excluding tert-OH is 1. The molecule has 0 spiro atoms. The van der Waals surface area contributed by atoms with Gasteiger partial charge < -0.3 is 14.7 Å². The van der Waals surface area contributed by atoms with Crippen LogP contribution in [-0.4, -0.2) is 47.8 Å². The summed E-state index contributed by atoms with van der Waals surface area (Å²) in [6.07, 6.45) is -0.446. The molecule has 18 heavy (non-hydrogen) atoms. The van der Waals surface area contributed by atoms with Crippen LogP contribution in [0.4, 0.5) is 0 Å². The first-order valence-corrected chi connectivity index (χ1v) is 7.09. The summed E-state index contributed by atoms with van der Waals surface area (Å²) in [5, 5.41) is 9.13. The molecule has 1 aliphatic heterocycles. The van der Waals surface area contributed by atoms with Crippen molar-refractivity contribution < 1.29 is 14.6 Å². The molecule has 0 bridgehead atoms. The number of aliphatic hydroxyl groups is 1. The maximum atomic E-state index is 12.3. The number of thiophene rings is 1. The van der Waals surface area contributed by atoms with Gasteiger partial charge in [0.2, 0.25) is 0 Å². The number of ether oxygens (including phenoxy) is 1. The number of nitrogens with zero attached hydrogens (tertiary/aromatic N) is 1. The number of amides is 1. The van der Waals surface area contributed by atoms with Crippen LogP contribution < -0.4 is 0 Å². The summed E-state index contributed by atoms with van der Waals surface area (Å²) in [4.78, 5) is 13.9. The Hall–Kier alpha value is -0.330. The van der Waals surface area contributed by atoms with Gasteiger partial charge in [0.05, 0.1) is 28.7 Å². The Kier molecular flexibility index (Phi) is 4.50. The van der Waals surface area contributed by atoms with E-state index in [9.17, 15) is 4.79 Å². The van der Waals surface area contributed by atoms with Gasteiger partial charge in [-0.3, -0.25) is 4.79 Å². The average molecular weight is 310 g/mol. The van der Waals surface area contributed by atoms with Crippen molar-refractivity contribution in [2.75, 3.05) is 19.7 Å². The summed E-state index contributed by atoms with van der Waals surface area (Å²) in [5.41, 5.74) is 0.414. The molecule has 1 amide bonds. The molecule has 1 aliphatic rings. The van der Waals surface area contributed by atoms with E-state index < -0.39 is 0 Å². The van der Waals surface area contributed by atoms with E-state index in [1.54, 1.807) is 11.0 Å². The van der Waals surface area contributed by atoms with Crippen LogP contribution in [0.3, 0.4) is 0 Å². The molecule has 0 radical (unpaired) electrons. The zero-order valence-corrected chi connectivity index (χ0v) is 12.1. The van der Waals surface area contributed by atoms with E-state index in [-0.39, 0.29) is 24.7 Å². The van der Waals surface area contributed by atoms with Gasteiger partial charge >= 0.3 is 0 Å². The molecule has 4 nitrogen and oxygen atoms in total. The minimum atomic E-state index is -0.342. The highest BCUT2D eigenvalue weighted by molar-refractivity contribution is 7.20. The van der Waals surface area contributed by atoms with Crippen LogP contribution in [0.5, 0.6) is 0 Å². The molecule has 2 atom stereocenters. The van der Waals surface area contributed by atoms with Crippen molar-refractivity contribution in [1.82, 2.24) is 4.90 Å². The second-order valence-electron chi connectivity index (χ2n) is 4.20. The molecule has 100 valence electrons. The molecular formula is C11H13Cl2NO3S. The van der Waals surface area contributed by atoms with Crippen molar-refractivity contribution in [1.29, 1.82) is 0 Å². The van der Waals surface area contributed by atoms with E-state index in [1.807, 2.05) is 6.92 Å². The molecule has 2 heterocycles. The molecule has 1 N–H and O–H groups in total. The van der Waals surface area contributed by atoms with Crippen LogP contribution in [0, 0.1) is 0 Å². The first-order valence-electron chi connectivity index (χ1n) is 5.51. The number of morpholine rings is 1. The van der Waals surface area contributed by atoms with E-state index in [2.05, 4.69) is 0 Å². The summed E-state index contributed by atoms with van der Waals surface area (Å²) >= 11 is 13.0. The second-order valence-corrected chi connectivity index (χ2v) is 6.48. The Morgan fingerprint density at radius 3 is 2.89 bits per heavy atom. The minimum absolute atomic E-state index is 0.104. The van der Waals surface area contributed by atoms with Gasteiger partial charge in [-0.05, 0) is 13.0 Å². The highest BCUT2D eigenvalue weighted by Crippen LogP contribution is 2.32. The molecule has 2 rings (SSSR count). The fraction of sp³-hybridized carbons (Fsp3) is 0.545. The predicted molar refractivity (Wildman–Crippen MR) is 71.7 cm³/mol. The summed E-state index contributed by atoms with van der Waals surface area (Å²) < 4.78 is 6.37. The molecule has 1 saturated heterocycles. The Morgan fingerprint density at radius 1 is 1.61 bits per heavy atom. The number of halogens is 2. The zero-order chi connectivity index (χ0) is 13.3. The molecule has 7 heteroatoms. The van der Waals surface area contributed by atoms with Gasteiger partial charge in [0, 0.05) is 13.1 Å². The van der Waals surface area contributed by atoms with Crippen molar-refractivity contribution in [2.45, 2.75) is 19.1 Å². The molecule has 2 unspecified atom stereocenters. The smallest absolute Gasteiger partial charge is 0.256 e. The van der Waals surface area contributed by atoms with Gasteiger partial charge in [0.15, 0.2) is 0 Å². The Bertz CT molecular complexity index is 451. The molecule has 1 aromatic heterocycles. The van der Waals surface area contributed by atoms with Crippen LogP contribution in [0.2, 0.25) is 8.67 Å². The van der Waals surface area contributed by atoms with Gasteiger partial charge in [0.25, 0.3) is 5.91 Å². The maximum Gasteiger partial charge on any atom is 0.256 e. The van der Waals surface area contributed by atoms with Crippen molar-refractivity contribution in [3.63, 3.8) is 0 Å². The highest BCUT2D eigenvalue weighted by atomic mass is 35.5. The predicted octanol–water partition coefficient (Wildman–Crippen LogP) is 2.28. The van der Waals surface area contributed by atoms with Crippen molar-refractivity contribution >= 4 is 40.4 Å². The van der Waals surface area contributed by atoms with Gasteiger partial charge in [-0.2, -0.15) is 0 Å². The van der Waals surface area contributed by atoms with E-state index in [4.69, 9.17) is 33.0 Å². The number of rotatable bonds is 2. The third kappa shape index (κ3) is 2.97. The molecule has 1 aromatic rings. The Labute approximate surface area is 119 Å². The lowest BCUT2D eigenvalue weighted by atomic mass is 10.2. The quantitative estimate of drug-likeness (QED) is 0.912. The summed E-state index contributed by atoms with van der Waals surface area (Å²) in [5.74, 6) is -0.170. The van der Waals surface area contributed by atoms with Crippen molar-refractivity contribution in [3.8, 4) is 0 Å². The van der Waals surface area contributed by atoms with E-state index >= 15 is 0 Å². The van der Waals surface area contributed by atoms with Crippen LogP contribution in [-0.2, 0) is 4.74 Å². The van der Waals surface area contributed by atoms with Gasteiger partial charge in [-0.25, -0.2) is 0 Å². The lowest BCUT2D eigenvalue weighted by Crippen LogP contribution is -2.50. The minimum Gasteiger partial charge on any atom is -0.394 e. The van der Waals surface area contributed by atoms with E-state index in [0.717, 1.165) is 0 Å². The van der Waals surface area contributed by atoms with Crippen molar-refractivity contribution in [2.24, 2.45) is 0 Å². The number of carbonyl (C=O) groups excluding carboxylic acids is 1. The molecule has 1 fully saturated rings. The molecule has 0 saturated carbocycles. The lowest BCUT2D eigenvalue weighted by molar-refractivity contribution is -0.0858. The van der Waals surface area contributed by atoms with Crippen molar-refractivity contribution in [3.05, 3.63) is 20.3 Å². The first kappa shape index (κ1) is 14.1. The molecular weight excluding hydrogens is 297 g/mol. The SMILES string of the molecule is CC1CN(C(=O)c2cc(Cl)sc2Cl)CC(CO)O1. The van der Waals surface area contributed by atoms with Gasteiger partial charge in [-0.15, -0.1) is 11.3 Å². The van der Waals surface area contributed by atoms with Crippen LogP contribution in [0.25, 0.3) is 0 Å². The second kappa shape index (κ2) is 5.75. The monoisotopic (exact) mass is 309 g/mol. The summed E-state index contributed by atoms with van der Waals surface area (Å²) in [7, 11) is 0. The Balaban J connectivity index is 2.15. The van der Waals surface area contributed by atoms with Gasteiger partial charge in [-0.1, -0.05) is 23.2 Å². The third-order valence-corrected chi connectivity index (χ3v) is 4.19. The zero-order valence-electron chi connectivity index (χ0n) is 9.73. The maximum absolute atomic E-state index is 12.3. The van der Waals surface area contributed by atoms with Crippen LogP contribution in [0.1, 0.15) is 17.3 Å². The fourth-order valence-electron chi connectivity index (χ4n) is 1.97. The fourth-order valence-corrected chi connectivity index (χ4v) is 3.42. The topological polar surface area (TPSA) is 49.8 Å². The Morgan fingerprint density at radius 2 is 2.33 bits per heavy atom. The van der Waals surface area contributed by atoms with Crippen LogP contribution in [0.15, 0.2) is 6.07 Å². The number of hydrogen-bond donors (Lipinski definition) is 1. The molecule has 0 aliphatic carbocycles. The lowest BCUT2D eigenvalue weighted by Gasteiger charge is -2.36. The standard InChI is InChI=1S/C11H13Cl2NO3S/c1-6-3-14(4-7(5-15)17-6)11(16)8-2-9(12)18-10(8)13/h2,6-7,15H,3-5H2,1H3. The number of carbonyl (C=O) groups is 1.